The van der Waals surface area contributed by atoms with Crippen LogP contribution in [0.1, 0.15) is 39.7 Å². The summed E-state index contributed by atoms with van der Waals surface area (Å²) in [6, 6.07) is 8.96. The number of benzene rings is 2. The zero-order chi connectivity index (χ0) is 27.9. The van der Waals surface area contributed by atoms with Crippen molar-refractivity contribution in [3.05, 3.63) is 91.7 Å². The lowest BCUT2D eigenvalue weighted by Gasteiger charge is -2.23. The maximum absolute atomic E-state index is 13.2. The molecular formula is C26H22F3N3O6S. The van der Waals surface area contributed by atoms with Crippen molar-refractivity contribution in [1.82, 2.24) is 10.3 Å². The van der Waals surface area contributed by atoms with Gasteiger partial charge in [0.2, 0.25) is 12.2 Å². The Kier molecular flexibility index (Phi) is 6.62. The van der Waals surface area contributed by atoms with Crippen molar-refractivity contribution >= 4 is 27.7 Å². The highest BCUT2D eigenvalue weighted by Gasteiger charge is 2.33. The number of fused-ring (bicyclic) bond motifs is 2. The Hall–Kier alpha value is -4.26. The minimum absolute atomic E-state index is 0.00625. The van der Waals surface area contributed by atoms with Gasteiger partial charge in [-0.2, -0.15) is 13.2 Å². The summed E-state index contributed by atoms with van der Waals surface area (Å²) in [6.07, 6.45) is -2.08. The van der Waals surface area contributed by atoms with E-state index in [2.05, 4.69) is 15.0 Å². The minimum atomic E-state index is -4.65. The van der Waals surface area contributed by atoms with E-state index in [0.29, 0.717) is 28.8 Å². The molecule has 0 saturated heterocycles. The van der Waals surface area contributed by atoms with Gasteiger partial charge in [0.05, 0.1) is 10.5 Å². The third-order valence-electron chi connectivity index (χ3n) is 6.37. The van der Waals surface area contributed by atoms with Crippen LogP contribution in [0.2, 0.25) is 0 Å². The quantitative estimate of drug-likeness (QED) is 0.417. The fraction of sp³-hybridized carbons (Fsp3) is 0.231. The molecule has 3 aromatic rings. The molecule has 1 aliphatic heterocycles. The number of anilines is 1. The van der Waals surface area contributed by atoms with Crippen molar-refractivity contribution in [2.24, 2.45) is 5.92 Å². The number of halogens is 3. The Morgan fingerprint density at radius 1 is 1.13 bits per heavy atom. The number of H-pyrrole nitrogens is 1. The summed E-state index contributed by atoms with van der Waals surface area (Å²) in [7, 11) is -4.32. The molecule has 0 spiro atoms. The van der Waals surface area contributed by atoms with Crippen molar-refractivity contribution < 1.29 is 35.9 Å². The van der Waals surface area contributed by atoms with E-state index in [1.807, 2.05) is 0 Å². The van der Waals surface area contributed by atoms with Crippen LogP contribution in [0.15, 0.2) is 58.4 Å². The average molecular weight is 562 g/mol. The number of carbonyl (C=O) groups excluding carboxylic acids is 1. The SMILES string of the molecule is CC1Cc2[nH]cc(C(=O)NCc3ccc4c(c3)OCO4)c(=O)c2C=C1S(=O)(=O)Nc1cccc(C(F)(F)F)c1. The number of ether oxygens (including phenoxy) is 2. The number of allylic oxidation sites excluding steroid dienone is 1. The van der Waals surface area contributed by atoms with Crippen LogP contribution in [0.5, 0.6) is 11.5 Å². The summed E-state index contributed by atoms with van der Waals surface area (Å²) in [5.74, 6) is -0.136. The van der Waals surface area contributed by atoms with E-state index in [1.165, 1.54) is 12.3 Å². The highest BCUT2D eigenvalue weighted by atomic mass is 32.2. The third kappa shape index (κ3) is 5.35. The number of aromatic amines is 1. The molecule has 1 aliphatic carbocycles. The Bertz CT molecular complexity index is 1660. The molecule has 1 unspecified atom stereocenters. The van der Waals surface area contributed by atoms with Gasteiger partial charge in [-0.05, 0) is 54.3 Å². The topological polar surface area (TPSA) is 127 Å². The average Bonchev–Trinajstić information content (AvgIpc) is 3.34. The van der Waals surface area contributed by atoms with E-state index < -0.39 is 39.0 Å². The number of aromatic nitrogens is 1. The number of hydrogen-bond acceptors (Lipinski definition) is 6. The van der Waals surface area contributed by atoms with Crippen molar-refractivity contribution in [2.75, 3.05) is 11.5 Å². The highest BCUT2D eigenvalue weighted by molar-refractivity contribution is 7.96. The molecule has 204 valence electrons. The summed E-state index contributed by atoms with van der Waals surface area (Å²) in [4.78, 5) is 28.8. The maximum atomic E-state index is 13.2. The summed E-state index contributed by atoms with van der Waals surface area (Å²) in [5.41, 5.74) is -1.02. The zero-order valence-corrected chi connectivity index (χ0v) is 21.2. The van der Waals surface area contributed by atoms with Crippen LogP contribution in [-0.2, 0) is 29.2 Å². The predicted octanol–water partition coefficient (Wildman–Crippen LogP) is 4.03. The first kappa shape index (κ1) is 26.4. The maximum Gasteiger partial charge on any atom is 0.416 e. The van der Waals surface area contributed by atoms with Crippen molar-refractivity contribution in [3.63, 3.8) is 0 Å². The normalized spacial score (nSPS) is 16.3. The number of pyridine rings is 1. The van der Waals surface area contributed by atoms with Gasteiger partial charge in [-0.3, -0.25) is 14.3 Å². The molecule has 0 saturated carbocycles. The molecule has 1 atom stereocenters. The summed E-state index contributed by atoms with van der Waals surface area (Å²) in [5, 5.41) is 2.66. The number of rotatable bonds is 6. The van der Waals surface area contributed by atoms with E-state index in [4.69, 9.17) is 9.47 Å². The van der Waals surface area contributed by atoms with E-state index >= 15 is 0 Å². The van der Waals surface area contributed by atoms with Crippen LogP contribution in [-0.4, -0.2) is 26.1 Å². The van der Waals surface area contributed by atoms with Gasteiger partial charge in [0.15, 0.2) is 11.5 Å². The molecule has 2 heterocycles. The fourth-order valence-corrected chi connectivity index (χ4v) is 5.85. The standard InChI is InChI=1S/C26H22F3N3O6S/c1-14-7-20-18(10-23(14)39(35,36)32-17-4-2-3-16(9-17)26(27,28)29)24(33)19(12-30-20)25(34)31-11-15-5-6-21-22(8-15)38-13-37-21/h2-6,8-10,12,14,32H,7,11,13H2,1H3,(H,30,33)(H,31,34). The third-order valence-corrected chi connectivity index (χ3v) is 8.02. The molecule has 13 heteroatoms. The summed E-state index contributed by atoms with van der Waals surface area (Å²) < 4.78 is 78.2. The molecule has 2 aromatic carbocycles. The van der Waals surface area contributed by atoms with Gasteiger partial charge >= 0.3 is 6.18 Å². The molecule has 1 amide bonds. The lowest BCUT2D eigenvalue weighted by molar-refractivity contribution is -0.137. The Labute approximate surface area is 220 Å². The molecule has 1 aromatic heterocycles. The van der Waals surface area contributed by atoms with Crippen LogP contribution in [0.4, 0.5) is 18.9 Å². The van der Waals surface area contributed by atoms with Crippen LogP contribution >= 0.6 is 0 Å². The highest BCUT2D eigenvalue weighted by Crippen LogP contribution is 2.34. The van der Waals surface area contributed by atoms with Gasteiger partial charge in [0.25, 0.3) is 15.9 Å². The first-order valence-electron chi connectivity index (χ1n) is 11.8. The number of nitrogens with one attached hydrogen (secondary N) is 3. The van der Waals surface area contributed by atoms with Gasteiger partial charge in [0.1, 0.15) is 5.56 Å². The van der Waals surface area contributed by atoms with Crippen LogP contribution in [0.25, 0.3) is 6.08 Å². The largest absolute Gasteiger partial charge is 0.454 e. The second kappa shape index (κ2) is 9.80. The second-order valence-corrected chi connectivity index (χ2v) is 10.8. The number of carbonyl (C=O) groups is 1. The van der Waals surface area contributed by atoms with Crippen molar-refractivity contribution in [2.45, 2.75) is 26.1 Å². The summed E-state index contributed by atoms with van der Waals surface area (Å²) >= 11 is 0. The molecule has 9 nitrogen and oxygen atoms in total. The summed E-state index contributed by atoms with van der Waals surface area (Å²) in [6.45, 7) is 1.82. The molecule has 2 aliphatic rings. The van der Waals surface area contributed by atoms with Crippen LogP contribution in [0, 0.1) is 5.92 Å². The Morgan fingerprint density at radius 2 is 1.90 bits per heavy atom. The zero-order valence-electron chi connectivity index (χ0n) is 20.4. The lowest BCUT2D eigenvalue weighted by atomic mass is 9.93. The molecular weight excluding hydrogens is 539 g/mol. The van der Waals surface area contributed by atoms with E-state index in [9.17, 15) is 31.2 Å². The Balaban J connectivity index is 1.39. The number of amides is 1. The van der Waals surface area contributed by atoms with E-state index in [0.717, 1.165) is 18.2 Å². The molecule has 5 rings (SSSR count). The van der Waals surface area contributed by atoms with Gasteiger partial charge in [-0.1, -0.05) is 19.1 Å². The molecule has 0 fully saturated rings. The van der Waals surface area contributed by atoms with E-state index in [-0.39, 0.29) is 41.5 Å². The Morgan fingerprint density at radius 3 is 2.67 bits per heavy atom. The van der Waals surface area contributed by atoms with Gasteiger partial charge in [0, 0.05) is 29.7 Å². The molecule has 0 radical (unpaired) electrons. The number of alkyl halides is 3. The smallest absolute Gasteiger partial charge is 0.416 e. The number of hydrogen-bond donors (Lipinski definition) is 3. The lowest BCUT2D eigenvalue weighted by Crippen LogP contribution is -2.32. The van der Waals surface area contributed by atoms with Crippen LogP contribution < -0.4 is 24.9 Å². The van der Waals surface area contributed by atoms with Crippen molar-refractivity contribution in [3.8, 4) is 11.5 Å². The van der Waals surface area contributed by atoms with Crippen molar-refractivity contribution in [1.29, 1.82) is 0 Å². The monoisotopic (exact) mass is 561 g/mol. The molecule has 0 bridgehead atoms. The number of sulfonamides is 1. The second-order valence-electron chi connectivity index (χ2n) is 9.13. The van der Waals surface area contributed by atoms with E-state index in [1.54, 1.807) is 25.1 Å². The van der Waals surface area contributed by atoms with Gasteiger partial charge in [-0.15, -0.1) is 0 Å². The molecule has 39 heavy (non-hydrogen) atoms. The van der Waals surface area contributed by atoms with Crippen LogP contribution in [0.3, 0.4) is 0 Å². The predicted molar refractivity (Wildman–Crippen MR) is 136 cm³/mol. The fourth-order valence-electron chi connectivity index (χ4n) is 4.41. The molecule has 3 N–H and O–H groups in total. The van der Waals surface area contributed by atoms with Gasteiger partial charge in [-0.25, -0.2) is 8.42 Å². The first-order chi connectivity index (χ1) is 18.4. The van der Waals surface area contributed by atoms with Gasteiger partial charge < -0.3 is 19.8 Å². The minimum Gasteiger partial charge on any atom is -0.454 e. The first-order valence-corrected chi connectivity index (χ1v) is 13.2.